The van der Waals surface area contributed by atoms with Crippen LogP contribution in [0.25, 0.3) is 0 Å². The fraction of sp³-hybridized carbons (Fsp3) is 0.286. The Morgan fingerprint density at radius 3 is 2.78 bits per heavy atom. The Balaban J connectivity index is 2.01. The Kier molecular flexibility index (Phi) is 4.38. The normalized spacial score (nSPS) is 12.7. The highest BCUT2D eigenvalue weighted by molar-refractivity contribution is 7.08. The van der Waals surface area contributed by atoms with Crippen molar-refractivity contribution in [3.63, 3.8) is 0 Å². The molecule has 0 aliphatic heterocycles. The molecule has 96 valence electrons. The van der Waals surface area contributed by atoms with Gasteiger partial charge >= 0.3 is 0 Å². The summed E-state index contributed by atoms with van der Waals surface area (Å²) in [5.74, 6) is -0.374. The Morgan fingerprint density at radius 1 is 1.39 bits per heavy atom. The molecule has 1 N–H and O–H groups in total. The van der Waals surface area contributed by atoms with E-state index < -0.39 is 0 Å². The van der Waals surface area contributed by atoms with Gasteiger partial charge in [-0.2, -0.15) is 11.3 Å². The molecule has 1 atom stereocenters. The second kappa shape index (κ2) is 5.83. The number of nitrogens with one attached hydrogen (secondary N) is 1. The molecule has 0 spiro atoms. The number of hydrogen-bond donors (Lipinski definition) is 1. The largest absolute Gasteiger partial charge is 0.306 e. The average Bonchev–Trinajstić information content (AvgIpc) is 2.75. The van der Waals surface area contributed by atoms with Gasteiger partial charge in [-0.25, -0.2) is 4.39 Å². The zero-order valence-corrected chi connectivity index (χ0v) is 11.9. The van der Waals surface area contributed by atoms with Crippen molar-refractivity contribution in [2.75, 3.05) is 0 Å². The molecule has 0 saturated carbocycles. The summed E-state index contributed by atoms with van der Waals surface area (Å²) in [5.41, 5.74) is 3.60. The van der Waals surface area contributed by atoms with Gasteiger partial charge in [0, 0.05) is 12.6 Å². The molecule has 1 aromatic carbocycles. The molecule has 0 aliphatic rings. The van der Waals surface area contributed by atoms with Crippen LogP contribution in [0.3, 0.4) is 0 Å². The summed E-state index contributed by atoms with van der Waals surface area (Å²) in [6.07, 6.45) is 0. The topological polar surface area (TPSA) is 12.0 Å². The van der Waals surface area contributed by atoms with Crippen molar-refractivity contribution in [3.8, 4) is 0 Å². The second-order valence-electron chi connectivity index (χ2n) is 4.36. The highest BCUT2D eigenvalue weighted by Gasteiger charge is 2.08. The number of aryl methyl sites for hydroxylation is 1. The van der Waals surface area contributed by atoms with Gasteiger partial charge in [0.2, 0.25) is 0 Å². The Labute approximate surface area is 116 Å². The van der Waals surface area contributed by atoms with Gasteiger partial charge in [0.15, 0.2) is 0 Å². The quantitative estimate of drug-likeness (QED) is 0.858. The van der Waals surface area contributed by atoms with E-state index in [2.05, 4.69) is 23.0 Å². The number of hydrogen-bond acceptors (Lipinski definition) is 2. The molecule has 1 heterocycles. The second-order valence-corrected chi connectivity index (χ2v) is 5.51. The predicted octanol–water partition coefficient (Wildman–Crippen LogP) is 4.70. The molecule has 1 aromatic heterocycles. The van der Waals surface area contributed by atoms with Crippen LogP contribution in [0, 0.1) is 12.7 Å². The zero-order valence-electron chi connectivity index (χ0n) is 10.3. The maximum absolute atomic E-state index is 13.1. The van der Waals surface area contributed by atoms with Crippen LogP contribution < -0.4 is 5.32 Å². The SMILES string of the molecule is Cc1cscc1CNC(C)c1ccc(F)c(Cl)c1. The summed E-state index contributed by atoms with van der Waals surface area (Å²) < 4.78 is 13.1. The van der Waals surface area contributed by atoms with Crippen molar-refractivity contribution < 1.29 is 4.39 Å². The van der Waals surface area contributed by atoms with Gasteiger partial charge in [0.05, 0.1) is 5.02 Å². The van der Waals surface area contributed by atoms with Crippen molar-refractivity contribution >= 4 is 22.9 Å². The third-order valence-electron chi connectivity index (χ3n) is 3.00. The van der Waals surface area contributed by atoms with E-state index in [4.69, 9.17) is 11.6 Å². The van der Waals surface area contributed by atoms with Crippen LogP contribution in [0.5, 0.6) is 0 Å². The molecule has 0 amide bonds. The first-order valence-corrected chi connectivity index (χ1v) is 7.10. The van der Waals surface area contributed by atoms with Crippen LogP contribution in [0.1, 0.15) is 29.7 Å². The van der Waals surface area contributed by atoms with Gasteiger partial charge in [-0.1, -0.05) is 17.7 Å². The van der Waals surface area contributed by atoms with E-state index >= 15 is 0 Å². The molecule has 2 rings (SSSR count). The highest BCUT2D eigenvalue weighted by atomic mass is 35.5. The first-order valence-electron chi connectivity index (χ1n) is 5.78. The lowest BCUT2D eigenvalue weighted by atomic mass is 10.1. The van der Waals surface area contributed by atoms with E-state index in [0.29, 0.717) is 0 Å². The van der Waals surface area contributed by atoms with Crippen molar-refractivity contribution in [3.05, 3.63) is 56.5 Å². The van der Waals surface area contributed by atoms with Crippen LogP contribution in [0.15, 0.2) is 29.0 Å². The lowest BCUT2D eigenvalue weighted by molar-refractivity contribution is 0.571. The summed E-state index contributed by atoms with van der Waals surface area (Å²) in [4.78, 5) is 0. The van der Waals surface area contributed by atoms with E-state index in [1.54, 1.807) is 23.5 Å². The molecule has 2 aromatic rings. The Bertz CT molecular complexity index is 538. The Morgan fingerprint density at radius 2 is 2.17 bits per heavy atom. The molecule has 0 radical (unpaired) electrons. The Hall–Kier alpha value is -0.900. The van der Waals surface area contributed by atoms with Gasteiger partial charge < -0.3 is 5.32 Å². The monoisotopic (exact) mass is 283 g/mol. The first-order chi connectivity index (χ1) is 8.58. The minimum Gasteiger partial charge on any atom is -0.306 e. The summed E-state index contributed by atoms with van der Waals surface area (Å²) in [6, 6.07) is 4.99. The van der Waals surface area contributed by atoms with Gasteiger partial charge in [0.1, 0.15) is 5.82 Å². The van der Waals surface area contributed by atoms with Crippen molar-refractivity contribution in [1.29, 1.82) is 0 Å². The number of benzene rings is 1. The highest BCUT2D eigenvalue weighted by Crippen LogP contribution is 2.21. The molecule has 18 heavy (non-hydrogen) atoms. The fourth-order valence-corrected chi connectivity index (χ4v) is 2.78. The summed E-state index contributed by atoms with van der Waals surface area (Å²) in [5, 5.41) is 7.87. The number of halogens is 2. The standard InChI is InChI=1S/C14H15ClFNS/c1-9-7-18-8-12(9)6-17-10(2)11-3-4-14(16)13(15)5-11/h3-5,7-8,10,17H,6H2,1-2H3. The van der Waals surface area contributed by atoms with Crippen LogP contribution in [0.4, 0.5) is 4.39 Å². The van der Waals surface area contributed by atoms with Crippen LogP contribution >= 0.6 is 22.9 Å². The number of thiophene rings is 1. The van der Waals surface area contributed by atoms with Gasteiger partial charge in [-0.15, -0.1) is 0 Å². The molecule has 1 unspecified atom stereocenters. The van der Waals surface area contributed by atoms with Crippen molar-refractivity contribution in [1.82, 2.24) is 5.32 Å². The fourth-order valence-electron chi connectivity index (χ4n) is 1.73. The zero-order chi connectivity index (χ0) is 13.1. The molecule has 0 aliphatic carbocycles. The summed E-state index contributed by atoms with van der Waals surface area (Å²) in [6.45, 7) is 4.96. The lowest BCUT2D eigenvalue weighted by Gasteiger charge is -2.14. The molecular weight excluding hydrogens is 269 g/mol. The number of rotatable bonds is 4. The molecule has 0 saturated heterocycles. The lowest BCUT2D eigenvalue weighted by Crippen LogP contribution is -2.18. The smallest absolute Gasteiger partial charge is 0.141 e. The van der Waals surface area contributed by atoms with Crippen LogP contribution in [-0.4, -0.2) is 0 Å². The van der Waals surface area contributed by atoms with Crippen molar-refractivity contribution in [2.24, 2.45) is 0 Å². The molecule has 1 nitrogen and oxygen atoms in total. The molecule has 4 heteroatoms. The van der Waals surface area contributed by atoms with E-state index in [-0.39, 0.29) is 16.9 Å². The van der Waals surface area contributed by atoms with Crippen molar-refractivity contribution in [2.45, 2.75) is 26.4 Å². The average molecular weight is 284 g/mol. The van der Waals surface area contributed by atoms with E-state index in [1.165, 1.54) is 17.2 Å². The summed E-state index contributed by atoms with van der Waals surface area (Å²) in [7, 11) is 0. The maximum atomic E-state index is 13.1. The third kappa shape index (κ3) is 3.10. The minimum absolute atomic E-state index is 0.141. The third-order valence-corrected chi connectivity index (χ3v) is 4.20. The van der Waals surface area contributed by atoms with Gasteiger partial charge in [-0.05, 0) is 53.4 Å². The maximum Gasteiger partial charge on any atom is 0.141 e. The summed E-state index contributed by atoms with van der Waals surface area (Å²) >= 11 is 7.49. The van der Waals surface area contributed by atoms with Gasteiger partial charge in [0.25, 0.3) is 0 Å². The van der Waals surface area contributed by atoms with E-state index in [1.807, 2.05) is 6.92 Å². The molecule has 0 bridgehead atoms. The van der Waals surface area contributed by atoms with E-state index in [0.717, 1.165) is 12.1 Å². The van der Waals surface area contributed by atoms with Gasteiger partial charge in [-0.3, -0.25) is 0 Å². The van der Waals surface area contributed by atoms with Crippen LogP contribution in [0.2, 0.25) is 5.02 Å². The molecule has 0 fully saturated rings. The van der Waals surface area contributed by atoms with E-state index in [9.17, 15) is 4.39 Å². The van der Waals surface area contributed by atoms with Crippen LogP contribution in [-0.2, 0) is 6.54 Å². The first kappa shape index (κ1) is 13.5. The molecular formula is C14H15ClFNS. The predicted molar refractivity (Wildman–Crippen MR) is 75.7 cm³/mol. The minimum atomic E-state index is -0.374.